The smallest absolute Gasteiger partial charge is 0.313 e. The van der Waals surface area contributed by atoms with Gasteiger partial charge in [-0.3, -0.25) is 4.79 Å². The zero-order valence-corrected chi connectivity index (χ0v) is 11.5. The van der Waals surface area contributed by atoms with Crippen molar-refractivity contribution in [2.45, 2.75) is 31.0 Å². The average molecular weight is 270 g/mol. The number of likely N-dealkylation sites (N-methyl/N-ethyl adjacent to an activating group) is 1. The molecule has 0 bridgehead atoms. The van der Waals surface area contributed by atoms with Crippen LogP contribution >= 0.6 is 11.8 Å². The molecule has 1 unspecified atom stereocenters. The van der Waals surface area contributed by atoms with E-state index in [1.807, 2.05) is 6.92 Å². The van der Waals surface area contributed by atoms with Gasteiger partial charge in [0, 0.05) is 13.0 Å². The van der Waals surface area contributed by atoms with Crippen LogP contribution < -0.4 is 0 Å². The molecular formula is C11H18N4O2S. The summed E-state index contributed by atoms with van der Waals surface area (Å²) in [7, 11) is 2.10. The highest BCUT2D eigenvalue weighted by Crippen LogP contribution is 2.27. The van der Waals surface area contributed by atoms with Crippen LogP contribution in [-0.4, -0.2) is 56.6 Å². The number of hydrogen-bond acceptors (Lipinski definition) is 5. The topological polar surface area (TPSA) is 71.2 Å². The fourth-order valence-corrected chi connectivity index (χ4v) is 3.01. The maximum absolute atomic E-state index is 10.6. The van der Waals surface area contributed by atoms with E-state index in [1.54, 1.807) is 0 Å². The van der Waals surface area contributed by atoms with Crippen molar-refractivity contribution >= 4 is 17.7 Å². The standard InChI is InChI=1S/C11H18N4O2S/c1-3-9-12-13-11(18-7-10(16)17)15(9)8-4-5-14(2)6-8/h8H,3-7H2,1-2H3,(H,16,17). The van der Waals surface area contributed by atoms with Gasteiger partial charge in [-0.05, 0) is 20.0 Å². The summed E-state index contributed by atoms with van der Waals surface area (Å²) in [6.45, 7) is 4.09. The van der Waals surface area contributed by atoms with Gasteiger partial charge in [-0.25, -0.2) is 0 Å². The maximum Gasteiger partial charge on any atom is 0.313 e. The highest BCUT2D eigenvalue weighted by Gasteiger charge is 2.26. The van der Waals surface area contributed by atoms with Crippen LogP contribution in [0.15, 0.2) is 5.16 Å². The molecule has 2 rings (SSSR count). The van der Waals surface area contributed by atoms with Crippen LogP contribution in [0, 0.1) is 0 Å². The third-order valence-corrected chi connectivity index (χ3v) is 4.04. The highest BCUT2D eigenvalue weighted by molar-refractivity contribution is 7.99. The number of aryl methyl sites for hydroxylation is 1. The van der Waals surface area contributed by atoms with Crippen LogP contribution in [-0.2, 0) is 11.2 Å². The lowest BCUT2D eigenvalue weighted by Gasteiger charge is -2.16. The van der Waals surface area contributed by atoms with Gasteiger partial charge in [-0.2, -0.15) is 0 Å². The van der Waals surface area contributed by atoms with Crippen LogP contribution in [0.4, 0.5) is 0 Å². The lowest BCUT2D eigenvalue weighted by molar-refractivity contribution is -0.133. The summed E-state index contributed by atoms with van der Waals surface area (Å²) in [6.07, 6.45) is 1.89. The molecular weight excluding hydrogens is 252 g/mol. The van der Waals surface area contributed by atoms with E-state index < -0.39 is 5.97 Å². The first-order valence-corrected chi connectivity index (χ1v) is 7.07. The van der Waals surface area contributed by atoms with Crippen molar-refractivity contribution in [3.63, 3.8) is 0 Å². The quantitative estimate of drug-likeness (QED) is 0.801. The average Bonchev–Trinajstić information content (AvgIpc) is 2.91. The first-order chi connectivity index (χ1) is 8.61. The summed E-state index contributed by atoms with van der Waals surface area (Å²) in [5.74, 6) is 0.157. The Labute approximate surface area is 110 Å². The fraction of sp³-hybridized carbons (Fsp3) is 0.727. The molecule has 0 spiro atoms. The van der Waals surface area contributed by atoms with E-state index in [2.05, 4.69) is 26.7 Å². The van der Waals surface area contributed by atoms with Gasteiger partial charge < -0.3 is 14.6 Å². The maximum atomic E-state index is 10.6. The van der Waals surface area contributed by atoms with Crippen molar-refractivity contribution in [1.82, 2.24) is 19.7 Å². The molecule has 100 valence electrons. The van der Waals surface area contributed by atoms with Crippen molar-refractivity contribution in [2.75, 3.05) is 25.9 Å². The normalized spacial score (nSPS) is 20.4. The zero-order valence-electron chi connectivity index (χ0n) is 10.7. The van der Waals surface area contributed by atoms with Gasteiger partial charge in [-0.1, -0.05) is 18.7 Å². The summed E-state index contributed by atoms with van der Waals surface area (Å²) in [5.41, 5.74) is 0. The van der Waals surface area contributed by atoms with E-state index in [9.17, 15) is 4.79 Å². The van der Waals surface area contributed by atoms with Gasteiger partial charge >= 0.3 is 5.97 Å². The summed E-state index contributed by atoms with van der Waals surface area (Å²) in [6, 6.07) is 0.372. The van der Waals surface area contributed by atoms with Gasteiger partial charge in [0.25, 0.3) is 0 Å². The molecule has 0 aliphatic carbocycles. The van der Waals surface area contributed by atoms with Crippen molar-refractivity contribution in [1.29, 1.82) is 0 Å². The predicted molar refractivity (Wildman–Crippen MR) is 68.9 cm³/mol. The minimum Gasteiger partial charge on any atom is -0.481 e. The monoisotopic (exact) mass is 270 g/mol. The second-order valence-electron chi connectivity index (χ2n) is 4.51. The van der Waals surface area contributed by atoms with Crippen LogP contribution in [0.2, 0.25) is 0 Å². The van der Waals surface area contributed by atoms with Crippen molar-refractivity contribution in [3.8, 4) is 0 Å². The fourth-order valence-electron chi connectivity index (χ4n) is 2.26. The number of carboxylic acids is 1. The van der Waals surface area contributed by atoms with Gasteiger partial charge in [0.15, 0.2) is 5.16 Å². The molecule has 1 N–H and O–H groups in total. The first-order valence-electron chi connectivity index (χ1n) is 6.08. The molecule has 0 radical (unpaired) electrons. The molecule has 1 aliphatic heterocycles. The van der Waals surface area contributed by atoms with Crippen molar-refractivity contribution < 1.29 is 9.90 Å². The number of carbonyl (C=O) groups is 1. The predicted octanol–water partition coefficient (Wildman–Crippen LogP) is 0.894. The minimum atomic E-state index is -0.823. The van der Waals surface area contributed by atoms with Crippen molar-refractivity contribution in [2.24, 2.45) is 0 Å². The Bertz CT molecular complexity index is 435. The molecule has 2 heterocycles. The molecule has 0 saturated carbocycles. The number of rotatable bonds is 5. The molecule has 7 heteroatoms. The number of likely N-dealkylation sites (tertiary alicyclic amines) is 1. The Morgan fingerprint density at radius 2 is 2.33 bits per heavy atom. The van der Waals surface area contributed by atoms with Gasteiger partial charge in [0.2, 0.25) is 0 Å². The number of aliphatic carboxylic acids is 1. The SMILES string of the molecule is CCc1nnc(SCC(=O)O)n1C1CCN(C)C1. The molecule has 1 aromatic heterocycles. The molecule has 18 heavy (non-hydrogen) atoms. The molecule has 0 aromatic carbocycles. The van der Waals surface area contributed by atoms with Crippen molar-refractivity contribution in [3.05, 3.63) is 5.82 Å². The Morgan fingerprint density at radius 3 is 2.89 bits per heavy atom. The summed E-state index contributed by atoms with van der Waals surface area (Å²) in [5, 5.41) is 17.8. The summed E-state index contributed by atoms with van der Waals surface area (Å²) < 4.78 is 2.12. The van der Waals surface area contributed by atoms with E-state index in [0.717, 1.165) is 36.9 Å². The number of nitrogens with zero attached hydrogens (tertiary/aromatic N) is 4. The molecule has 1 fully saturated rings. The van der Waals surface area contributed by atoms with E-state index in [1.165, 1.54) is 11.8 Å². The van der Waals surface area contributed by atoms with Crippen LogP contribution in [0.25, 0.3) is 0 Å². The van der Waals surface area contributed by atoms with Crippen LogP contribution in [0.1, 0.15) is 25.2 Å². The second-order valence-corrected chi connectivity index (χ2v) is 5.45. The van der Waals surface area contributed by atoms with Gasteiger partial charge in [0.05, 0.1) is 11.8 Å². The number of aromatic nitrogens is 3. The van der Waals surface area contributed by atoms with E-state index in [0.29, 0.717) is 6.04 Å². The van der Waals surface area contributed by atoms with Gasteiger partial charge in [-0.15, -0.1) is 10.2 Å². The number of carboxylic acid groups (broad SMARTS) is 1. The molecule has 6 nitrogen and oxygen atoms in total. The lowest BCUT2D eigenvalue weighted by Crippen LogP contribution is -2.18. The Hall–Kier alpha value is -1.08. The number of hydrogen-bond donors (Lipinski definition) is 1. The Morgan fingerprint density at radius 1 is 1.56 bits per heavy atom. The zero-order chi connectivity index (χ0) is 13.1. The van der Waals surface area contributed by atoms with E-state index >= 15 is 0 Å². The third-order valence-electron chi connectivity index (χ3n) is 3.11. The third kappa shape index (κ3) is 2.84. The van der Waals surface area contributed by atoms with Crippen LogP contribution in [0.3, 0.4) is 0 Å². The van der Waals surface area contributed by atoms with Gasteiger partial charge in [0.1, 0.15) is 5.82 Å². The Balaban J connectivity index is 2.19. The summed E-state index contributed by atoms with van der Waals surface area (Å²) in [4.78, 5) is 12.9. The lowest BCUT2D eigenvalue weighted by atomic mass is 10.2. The van der Waals surface area contributed by atoms with E-state index in [-0.39, 0.29) is 5.75 Å². The molecule has 1 aliphatic rings. The largest absolute Gasteiger partial charge is 0.481 e. The molecule has 0 amide bonds. The number of thioether (sulfide) groups is 1. The summed E-state index contributed by atoms with van der Waals surface area (Å²) >= 11 is 1.25. The van der Waals surface area contributed by atoms with E-state index in [4.69, 9.17) is 5.11 Å². The molecule has 1 atom stereocenters. The van der Waals surface area contributed by atoms with Crippen LogP contribution in [0.5, 0.6) is 0 Å². The highest BCUT2D eigenvalue weighted by atomic mass is 32.2. The molecule has 1 saturated heterocycles. The second kappa shape index (κ2) is 5.71. The Kier molecular flexibility index (Phi) is 4.23. The first kappa shape index (κ1) is 13.4. The minimum absolute atomic E-state index is 0.0321. The molecule has 1 aromatic rings.